The Hall–Kier alpha value is -2.88. The van der Waals surface area contributed by atoms with Crippen molar-refractivity contribution in [3.05, 3.63) is 59.1 Å². The Morgan fingerprint density at radius 2 is 1.94 bits per heavy atom. The van der Waals surface area contributed by atoms with Crippen LogP contribution in [0.25, 0.3) is 11.4 Å². The lowest BCUT2D eigenvalue weighted by Gasteiger charge is -2.11. The topological polar surface area (TPSA) is 95.3 Å². The SMILES string of the molecule is COCCCn1c(SCC(=O)Nc2cccc(C(=O)OC)c2)nnc1-c1ccccc1Cl. The van der Waals surface area contributed by atoms with Crippen LogP contribution in [-0.4, -0.2) is 53.2 Å². The molecule has 0 saturated carbocycles. The molecule has 0 aliphatic heterocycles. The third-order valence-electron chi connectivity index (χ3n) is 4.46. The normalized spacial score (nSPS) is 10.7. The Kier molecular flexibility index (Phi) is 8.66. The van der Waals surface area contributed by atoms with E-state index in [-0.39, 0.29) is 11.7 Å². The number of benzene rings is 2. The Balaban J connectivity index is 1.72. The fourth-order valence-corrected chi connectivity index (χ4v) is 3.96. The number of carbonyl (C=O) groups excluding carboxylic acids is 2. The summed E-state index contributed by atoms with van der Waals surface area (Å²) >= 11 is 7.63. The molecule has 0 fully saturated rings. The second-order valence-electron chi connectivity index (χ2n) is 6.69. The average molecular weight is 475 g/mol. The molecule has 0 spiro atoms. The van der Waals surface area contributed by atoms with Crippen molar-refractivity contribution < 1.29 is 19.1 Å². The summed E-state index contributed by atoms with van der Waals surface area (Å²) in [6.45, 7) is 1.20. The molecule has 2 aromatic carbocycles. The number of methoxy groups -OCH3 is 2. The van der Waals surface area contributed by atoms with Crippen molar-refractivity contribution in [2.24, 2.45) is 0 Å². The molecule has 32 heavy (non-hydrogen) atoms. The predicted octanol–water partition coefficient (Wildman–Crippen LogP) is 4.15. The maximum Gasteiger partial charge on any atom is 0.337 e. The van der Waals surface area contributed by atoms with E-state index in [0.29, 0.717) is 40.4 Å². The second-order valence-corrected chi connectivity index (χ2v) is 8.04. The van der Waals surface area contributed by atoms with Crippen LogP contribution in [0, 0.1) is 0 Å². The third kappa shape index (κ3) is 6.09. The minimum Gasteiger partial charge on any atom is -0.465 e. The molecule has 1 amide bonds. The number of nitrogens with zero attached hydrogens (tertiary/aromatic N) is 3. The smallest absolute Gasteiger partial charge is 0.337 e. The van der Waals surface area contributed by atoms with Crippen molar-refractivity contribution >= 4 is 40.9 Å². The molecule has 0 aliphatic carbocycles. The molecule has 1 N–H and O–H groups in total. The van der Waals surface area contributed by atoms with Gasteiger partial charge in [-0.1, -0.05) is 41.6 Å². The Bertz CT molecular complexity index is 1090. The molecule has 1 aromatic heterocycles. The van der Waals surface area contributed by atoms with Gasteiger partial charge in [0.05, 0.1) is 23.4 Å². The summed E-state index contributed by atoms with van der Waals surface area (Å²) in [5.41, 5.74) is 1.65. The average Bonchev–Trinajstić information content (AvgIpc) is 3.20. The highest BCUT2D eigenvalue weighted by Gasteiger charge is 2.17. The largest absolute Gasteiger partial charge is 0.465 e. The lowest BCUT2D eigenvalue weighted by molar-refractivity contribution is -0.113. The van der Waals surface area contributed by atoms with E-state index >= 15 is 0 Å². The van der Waals surface area contributed by atoms with Gasteiger partial charge >= 0.3 is 5.97 Å². The number of rotatable bonds is 10. The molecule has 0 saturated heterocycles. The lowest BCUT2D eigenvalue weighted by Crippen LogP contribution is -2.15. The standard InChI is InChI=1S/C22H23ClN4O4S/c1-30-12-6-11-27-20(17-9-3-4-10-18(17)23)25-26-22(27)32-14-19(28)24-16-8-5-7-15(13-16)21(29)31-2/h3-5,7-10,13H,6,11-12,14H2,1-2H3,(H,24,28). The van der Waals surface area contributed by atoms with Crippen LogP contribution in [0.5, 0.6) is 0 Å². The van der Waals surface area contributed by atoms with Crippen molar-refractivity contribution in [2.75, 3.05) is 31.9 Å². The van der Waals surface area contributed by atoms with Crippen LogP contribution in [0.4, 0.5) is 5.69 Å². The van der Waals surface area contributed by atoms with Crippen molar-refractivity contribution in [1.82, 2.24) is 14.8 Å². The molecule has 0 aliphatic rings. The van der Waals surface area contributed by atoms with Crippen LogP contribution in [0.3, 0.4) is 0 Å². The lowest BCUT2D eigenvalue weighted by atomic mass is 10.2. The van der Waals surface area contributed by atoms with Crippen LogP contribution >= 0.6 is 23.4 Å². The molecule has 168 valence electrons. The van der Waals surface area contributed by atoms with E-state index in [4.69, 9.17) is 21.1 Å². The summed E-state index contributed by atoms with van der Waals surface area (Å²) in [4.78, 5) is 24.2. The first-order valence-electron chi connectivity index (χ1n) is 9.81. The number of ether oxygens (including phenoxy) is 2. The minimum absolute atomic E-state index is 0.118. The maximum absolute atomic E-state index is 12.5. The van der Waals surface area contributed by atoms with E-state index < -0.39 is 5.97 Å². The van der Waals surface area contributed by atoms with Gasteiger partial charge in [-0.15, -0.1) is 10.2 Å². The van der Waals surface area contributed by atoms with Gasteiger partial charge in [-0.3, -0.25) is 4.79 Å². The summed E-state index contributed by atoms with van der Waals surface area (Å²) in [5.74, 6) is 0.0581. The van der Waals surface area contributed by atoms with Gasteiger partial charge in [0.25, 0.3) is 0 Å². The van der Waals surface area contributed by atoms with Gasteiger partial charge in [0.2, 0.25) is 5.91 Å². The van der Waals surface area contributed by atoms with E-state index in [9.17, 15) is 9.59 Å². The summed E-state index contributed by atoms with van der Waals surface area (Å²) in [7, 11) is 2.96. The number of hydrogen-bond donors (Lipinski definition) is 1. The quantitative estimate of drug-likeness (QED) is 0.268. The van der Waals surface area contributed by atoms with Gasteiger partial charge in [0.1, 0.15) is 0 Å². The van der Waals surface area contributed by atoms with Crippen LogP contribution < -0.4 is 5.32 Å². The number of thioether (sulfide) groups is 1. The summed E-state index contributed by atoms with van der Waals surface area (Å²) in [6.07, 6.45) is 0.756. The van der Waals surface area contributed by atoms with Crippen molar-refractivity contribution in [1.29, 1.82) is 0 Å². The molecule has 3 rings (SSSR count). The number of halogens is 1. The highest BCUT2D eigenvalue weighted by atomic mass is 35.5. The molecule has 8 nitrogen and oxygen atoms in total. The van der Waals surface area contributed by atoms with Crippen molar-refractivity contribution in [2.45, 2.75) is 18.1 Å². The van der Waals surface area contributed by atoms with E-state index in [2.05, 4.69) is 15.5 Å². The van der Waals surface area contributed by atoms with Crippen LogP contribution in [0.15, 0.2) is 53.7 Å². The van der Waals surface area contributed by atoms with Gasteiger partial charge in [0, 0.05) is 31.5 Å². The van der Waals surface area contributed by atoms with E-state index in [0.717, 1.165) is 12.0 Å². The van der Waals surface area contributed by atoms with Crippen molar-refractivity contribution in [3.8, 4) is 11.4 Å². The number of anilines is 1. The number of aromatic nitrogens is 3. The first-order chi connectivity index (χ1) is 15.5. The molecule has 3 aromatic rings. The van der Waals surface area contributed by atoms with Crippen LogP contribution in [0.1, 0.15) is 16.8 Å². The molecular formula is C22H23ClN4O4S. The highest BCUT2D eigenvalue weighted by Crippen LogP contribution is 2.29. The van der Waals surface area contributed by atoms with Crippen LogP contribution in [0.2, 0.25) is 5.02 Å². The van der Waals surface area contributed by atoms with Gasteiger partial charge in [-0.2, -0.15) is 0 Å². The third-order valence-corrected chi connectivity index (χ3v) is 5.76. The summed E-state index contributed by atoms with van der Waals surface area (Å²) in [6, 6.07) is 14.0. The van der Waals surface area contributed by atoms with E-state index in [1.165, 1.54) is 18.9 Å². The monoisotopic (exact) mass is 474 g/mol. The Morgan fingerprint density at radius 1 is 1.12 bits per heavy atom. The number of carbonyl (C=O) groups is 2. The molecule has 0 bridgehead atoms. The number of hydrogen-bond acceptors (Lipinski definition) is 7. The molecule has 0 atom stereocenters. The predicted molar refractivity (Wildman–Crippen MR) is 124 cm³/mol. The first-order valence-corrected chi connectivity index (χ1v) is 11.2. The zero-order chi connectivity index (χ0) is 22.9. The van der Waals surface area contributed by atoms with Crippen molar-refractivity contribution in [3.63, 3.8) is 0 Å². The molecule has 0 unspecified atom stereocenters. The molecular weight excluding hydrogens is 452 g/mol. The van der Waals surface area contributed by atoms with Gasteiger partial charge in [-0.05, 0) is 36.8 Å². The Morgan fingerprint density at radius 3 is 2.69 bits per heavy atom. The van der Waals surface area contributed by atoms with Gasteiger partial charge in [0.15, 0.2) is 11.0 Å². The molecule has 10 heteroatoms. The Labute approximate surface area is 195 Å². The second kappa shape index (κ2) is 11.7. The first kappa shape index (κ1) is 23.8. The highest BCUT2D eigenvalue weighted by molar-refractivity contribution is 7.99. The molecule has 0 radical (unpaired) electrons. The van der Waals surface area contributed by atoms with E-state index in [1.54, 1.807) is 37.4 Å². The van der Waals surface area contributed by atoms with Gasteiger partial charge in [-0.25, -0.2) is 4.79 Å². The number of amides is 1. The zero-order valence-corrected chi connectivity index (χ0v) is 19.3. The zero-order valence-electron chi connectivity index (χ0n) is 17.7. The fraction of sp³-hybridized carbons (Fsp3) is 0.273. The van der Waals surface area contributed by atoms with Crippen LogP contribution in [-0.2, 0) is 20.8 Å². The van der Waals surface area contributed by atoms with E-state index in [1.807, 2.05) is 22.8 Å². The summed E-state index contributed by atoms with van der Waals surface area (Å²) in [5, 5.41) is 12.6. The maximum atomic E-state index is 12.5. The molecule has 1 heterocycles. The number of nitrogens with one attached hydrogen (secondary N) is 1. The fourth-order valence-electron chi connectivity index (χ4n) is 2.97. The minimum atomic E-state index is -0.466. The van der Waals surface area contributed by atoms with Gasteiger partial charge < -0.3 is 19.4 Å². The summed E-state index contributed by atoms with van der Waals surface area (Å²) < 4.78 is 11.8. The number of esters is 1.